The summed E-state index contributed by atoms with van der Waals surface area (Å²) in [6.07, 6.45) is 7.53. The van der Waals surface area contributed by atoms with E-state index >= 15 is 4.39 Å². The number of fused-ring (bicyclic) bond motifs is 1. The first-order chi connectivity index (χ1) is 23.2. The summed E-state index contributed by atoms with van der Waals surface area (Å²) in [5, 5.41) is 13.9. The lowest BCUT2D eigenvalue weighted by Crippen LogP contribution is -2.40. The van der Waals surface area contributed by atoms with Crippen LogP contribution in [0, 0.1) is 11.6 Å². The van der Waals surface area contributed by atoms with Crippen molar-refractivity contribution in [1.82, 2.24) is 20.5 Å². The maximum Gasteiger partial charge on any atom is 0.325 e. The third-order valence-corrected chi connectivity index (χ3v) is 8.37. The zero-order chi connectivity index (χ0) is 34.0. The number of nitrogens with one attached hydrogen (secondary N) is 3. The largest absolute Gasteiger partial charge is 0.434 e. The Balaban J connectivity index is 1.23. The van der Waals surface area contributed by atoms with Crippen LogP contribution in [0.5, 0.6) is 5.75 Å². The number of piperidine rings is 1. The third-order valence-electron chi connectivity index (χ3n) is 8.37. The number of rotatable bonds is 12. The summed E-state index contributed by atoms with van der Waals surface area (Å²) < 4.78 is 34.5. The molecule has 5 rings (SSSR count). The summed E-state index contributed by atoms with van der Waals surface area (Å²) >= 11 is 0. The Kier molecular flexibility index (Phi) is 11.6. The number of anilines is 1. The molecule has 3 heterocycles. The number of ether oxygens (including phenoxy) is 1. The minimum atomic E-state index is -0.841. The predicted octanol–water partition coefficient (Wildman–Crippen LogP) is 3.81. The number of hydrazone groups is 1. The Hall–Kier alpha value is -4.95. The van der Waals surface area contributed by atoms with Gasteiger partial charge in [-0.15, -0.1) is 0 Å². The highest BCUT2D eigenvalue weighted by Gasteiger charge is 2.38. The average Bonchev–Trinajstić information content (AvgIpc) is 3.41. The number of carbonyl (C=O) groups excluding carboxylic acids is 3. The minimum absolute atomic E-state index is 0.0446. The van der Waals surface area contributed by atoms with Gasteiger partial charge in [-0.2, -0.15) is 10.1 Å². The Labute approximate surface area is 277 Å². The summed E-state index contributed by atoms with van der Waals surface area (Å²) in [7, 11) is 0. The van der Waals surface area contributed by atoms with Crippen LogP contribution in [0.25, 0.3) is 0 Å². The molecule has 4 amide bonds. The van der Waals surface area contributed by atoms with Crippen molar-refractivity contribution < 1.29 is 27.9 Å². The number of nitrogens with zero attached hydrogens (tertiary/aromatic N) is 4. The van der Waals surface area contributed by atoms with Crippen molar-refractivity contribution in [2.24, 2.45) is 15.8 Å². The highest BCUT2D eigenvalue weighted by atomic mass is 19.1. The van der Waals surface area contributed by atoms with E-state index in [9.17, 15) is 18.8 Å². The van der Waals surface area contributed by atoms with E-state index in [4.69, 9.17) is 10.5 Å². The number of aliphatic imine (C=N–C) groups is 1. The molecule has 12 nitrogen and oxygen atoms in total. The maximum atomic E-state index is 15.3. The molecule has 2 aromatic carbocycles. The van der Waals surface area contributed by atoms with Crippen LogP contribution in [0.2, 0.25) is 0 Å². The van der Waals surface area contributed by atoms with Gasteiger partial charge in [0.25, 0.3) is 0 Å². The quantitative estimate of drug-likeness (QED) is 0.199. The van der Waals surface area contributed by atoms with Gasteiger partial charge in [0.15, 0.2) is 11.6 Å². The van der Waals surface area contributed by atoms with Gasteiger partial charge in [-0.3, -0.25) is 24.8 Å². The smallest absolute Gasteiger partial charge is 0.325 e. The van der Waals surface area contributed by atoms with E-state index in [1.807, 2.05) is 5.01 Å². The van der Waals surface area contributed by atoms with Gasteiger partial charge in [-0.25, -0.2) is 13.6 Å². The summed E-state index contributed by atoms with van der Waals surface area (Å²) in [6, 6.07) is 8.66. The summed E-state index contributed by atoms with van der Waals surface area (Å²) in [5.41, 5.74) is 8.56. The predicted molar refractivity (Wildman–Crippen MR) is 178 cm³/mol. The Morgan fingerprint density at radius 1 is 1.08 bits per heavy atom. The van der Waals surface area contributed by atoms with Crippen LogP contribution in [0.3, 0.4) is 0 Å². The Morgan fingerprint density at radius 3 is 2.58 bits per heavy atom. The number of benzene rings is 2. The van der Waals surface area contributed by atoms with E-state index < -0.39 is 23.6 Å². The van der Waals surface area contributed by atoms with E-state index in [1.54, 1.807) is 0 Å². The van der Waals surface area contributed by atoms with Crippen LogP contribution in [0.15, 0.2) is 76.5 Å². The molecule has 48 heavy (non-hydrogen) atoms. The normalized spacial score (nSPS) is 17.9. The molecule has 0 aromatic heterocycles. The van der Waals surface area contributed by atoms with E-state index in [0.717, 1.165) is 63.3 Å². The maximum absolute atomic E-state index is 15.3. The second-order valence-corrected chi connectivity index (χ2v) is 12.0. The molecular formula is C34H40F2N8O4. The molecular weight excluding hydrogens is 622 g/mol. The topological polar surface area (TPSA) is 154 Å². The van der Waals surface area contributed by atoms with Crippen molar-refractivity contribution in [3.8, 4) is 5.75 Å². The number of likely N-dealkylation sites (tertiary alicyclic amines) is 1. The fourth-order valence-electron chi connectivity index (χ4n) is 5.90. The molecule has 1 atom stereocenters. The molecule has 3 aliphatic rings. The number of imide groups is 1. The van der Waals surface area contributed by atoms with Crippen LogP contribution in [-0.4, -0.2) is 78.3 Å². The number of hydrogen-bond donors (Lipinski definition) is 4. The zero-order valence-corrected chi connectivity index (χ0v) is 26.6. The van der Waals surface area contributed by atoms with Gasteiger partial charge in [-0.1, -0.05) is 18.7 Å². The van der Waals surface area contributed by atoms with Gasteiger partial charge in [-0.05, 0) is 93.1 Å². The first-order valence-electron chi connectivity index (χ1n) is 16.0. The van der Waals surface area contributed by atoms with Crippen molar-refractivity contribution in [3.63, 3.8) is 0 Å². The van der Waals surface area contributed by atoms with Gasteiger partial charge in [0, 0.05) is 30.9 Å². The number of nitrogens with two attached hydrogens (primary N) is 1. The lowest BCUT2D eigenvalue weighted by molar-refractivity contribution is -0.119. The van der Waals surface area contributed by atoms with Crippen LogP contribution >= 0.6 is 0 Å². The molecule has 0 saturated carbocycles. The zero-order valence-electron chi connectivity index (χ0n) is 26.6. The highest BCUT2D eigenvalue weighted by Crippen LogP contribution is 2.36. The van der Waals surface area contributed by atoms with E-state index in [1.165, 1.54) is 48.8 Å². The van der Waals surface area contributed by atoms with Gasteiger partial charge in [0.2, 0.25) is 17.7 Å². The molecule has 254 valence electrons. The molecule has 3 aliphatic heterocycles. The van der Waals surface area contributed by atoms with Crippen LogP contribution in [0.1, 0.15) is 44.1 Å². The number of hydrogen-bond acceptors (Lipinski definition) is 9. The van der Waals surface area contributed by atoms with Crippen molar-refractivity contribution in [1.29, 1.82) is 0 Å². The second kappa shape index (κ2) is 16.2. The summed E-state index contributed by atoms with van der Waals surface area (Å²) in [6.45, 7) is 6.45. The molecule has 1 unspecified atom stereocenters. The third kappa shape index (κ3) is 9.32. The number of unbranched alkanes of at least 4 members (excludes halogenated alkanes) is 1. The summed E-state index contributed by atoms with van der Waals surface area (Å²) in [5.74, 6) is -1.86. The van der Waals surface area contributed by atoms with Gasteiger partial charge >= 0.3 is 6.03 Å². The molecule has 0 aliphatic carbocycles. The number of carbonyl (C=O) groups is 3. The number of urea groups is 1. The second-order valence-electron chi connectivity index (χ2n) is 12.0. The van der Waals surface area contributed by atoms with Gasteiger partial charge in [0.1, 0.15) is 17.9 Å². The number of halogens is 2. The van der Waals surface area contributed by atoms with E-state index in [-0.39, 0.29) is 41.7 Å². The van der Waals surface area contributed by atoms with Crippen molar-refractivity contribution in [2.75, 3.05) is 31.5 Å². The molecule has 14 heteroatoms. The van der Waals surface area contributed by atoms with Crippen LogP contribution in [0.4, 0.5) is 19.3 Å². The van der Waals surface area contributed by atoms with E-state index in [0.29, 0.717) is 24.4 Å². The molecule has 0 bridgehead atoms. The Morgan fingerprint density at radius 2 is 1.85 bits per heavy atom. The number of amides is 4. The lowest BCUT2D eigenvalue weighted by atomic mass is 10.0. The van der Waals surface area contributed by atoms with Crippen molar-refractivity contribution in [3.05, 3.63) is 83.6 Å². The Bertz CT molecular complexity index is 1600. The van der Waals surface area contributed by atoms with Crippen molar-refractivity contribution in [2.45, 2.75) is 57.0 Å². The lowest BCUT2D eigenvalue weighted by Gasteiger charge is -2.30. The fourth-order valence-corrected chi connectivity index (χ4v) is 5.90. The fraction of sp³-hybridized carbons (Fsp3) is 0.382. The van der Waals surface area contributed by atoms with Crippen LogP contribution in [-0.2, 0) is 16.0 Å². The summed E-state index contributed by atoms with van der Waals surface area (Å²) in [4.78, 5) is 42.8. The molecule has 1 saturated heterocycles. The van der Waals surface area contributed by atoms with E-state index in [2.05, 4.69) is 37.5 Å². The standard InChI is InChI=1S/C34H40F2N8O4/c1-2-30(45)38-14-4-3-5-27-18-23(20-43-15-12-25(37)13-16-43)32-33(39-21-40-44(27)32)48-29-11-10-26(19-28(29)36)41-34(47)42-31(46)17-22-6-8-24(35)9-7-22/h2,6-11,19,21,25,27H,1,3-5,12-18,20,37H2,(H,38,45)(H2,41,42,46,47). The SMILES string of the molecule is C=CC(=O)NCCCCC1CC(CN2CCC(N)CC2)=C2C(Oc3ccc(NC(=O)NC(=O)Cc4ccc(F)cc4)cc3F)=NC=NN21. The minimum Gasteiger partial charge on any atom is -0.434 e. The first-order valence-corrected chi connectivity index (χ1v) is 16.0. The first kappa shape index (κ1) is 34.4. The molecule has 5 N–H and O–H groups in total. The molecule has 0 spiro atoms. The molecule has 1 fully saturated rings. The highest BCUT2D eigenvalue weighted by molar-refractivity contribution is 6.02. The van der Waals surface area contributed by atoms with Crippen molar-refractivity contribution >= 4 is 35.8 Å². The average molecular weight is 663 g/mol. The monoisotopic (exact) mass is 662 g/mol. The van der Waals surface area contributed by atoms with Crippen LogP contribution < -0.4 is 26.4 Å². The van der Waals surface area contributed by atoms with Gasteiger partial charge < -0.3 is 21.1 Å². The molecule has 0 radical (unpaired) electrons. The molecule has 2 aromatic rings. The van der Waals surface area contributed by atoms with Gasteiger partial charge in [0.05, 0.1) is 12.5 Å².